The number of carbonyl (C=O) groups excluding carboxylic acids is 1. The molecule has 4 aromatic rings. The lowest BCUT2D eigenvalue weighted by Crippen LogP contribution is -2.59. The van der Waals surface area contributed by atoms with Crippen LogP contribution in [0, 0.1) is 24.0 Å². The Balaban J connectivity index is 1.28. The van der Waals surface area contributed by atoms with Gasteiger partial charge in [0.2, 0.25) is 5.91 Å². The predicted octanol–water partition coefficient (Wildman–Crippen LogP) is 4.54. The number of fused-ring (bicyclic) bond motifs is 5. The zero-order valence-corrected chi connectivity index (χ0v) is 27.1. The third-order valence-electron chi connectivity index (χ3n) is 11.0. The Hall–Kier alpha value is -4.86. The first-order chi connectivity index (χ1) is 23.5. The summed E-state index contributed by atoms with van der Waals surface area (Å²) in [6, 6.07) is 4.49. The van der Waals surface area contributed by atoms with Gasteiger partial charge in [-0.1, -0.05) is 18.6 Å². The van der Waals surface area contributed by atoms with Gasteiger partial charge in [-0.3, -0.25) is 14.7 Å². The van der Waals surface area contributed by atoms with E-state index < -0.39 is 23.3 Å². The number of hydrogen-bond donors (Lipinski definition) is 2. The minimum atomic E-state index is -1.16. The van der Waals surface area contributed by atoms with E-state index in [1.165, 1.54) is 36.5 Å². The average Bonchev–Trinajstić information content (AvgIpc) is 3.71. The third kappa shape index (κ3) is 4.89. The topological polar surface area (TPSA) is 115 Å². The second-order valence-electron chi connectivity index (χ2n) is 14.0. The molecule has 2 aromatic heterocycles. The predicted molar refractivity (Wildman–Crippen MR) is 180 cm³/mol. The summed E-state index contributed by atoms with van der Waals surface area (Å²) in [7, 11) is 0. The molecule has 4 fully saturated rings. The number of aromatic hydroxyl groups is 1. The monoisotopic (exact) mass is 666 g/mol. The number of anilines is 1. The molecule has 2 aromatic carbocycles. The van der Waals surface area contributed by atoms with E-state index in [1.54, 1.807) is 11.8 Å². The zero-order chi connectivity index (χ0) is 34.2. The Morgan fingerprint density at radius 3 is 2.69 bits per heavy atom. The molecule has 4 aliphatic rings. The molecule has 8 rings (SSSR count). The van der Waals surface area contributed by atoms with Crippen molar-refractivity contribution < 1.29 is 28.5 Å². The van der Waals surface area contributed by atoms with Gasteiger partial charge in [-0.25, -0.2) is 8.78 Å². The number of halogens is 2. The maximum atomic E-state index is 17.0. The Kier molecular flexibility index (Phi) is 7.28. The van der Waals surface area contributed by atoms with Crippen molar-refractivity contribution >= 4 is 33.4 Å². The number of hydrogen-bond acceptors (Lipinski definition) is 9. The van der Waals surface area contributed by atoms with Crippen molar-refractivity contribution in [3.05, 3.63) is 60.3 Å². The van der Waals surface area contributed by atoms with Gasteiger partial charge in [0.05, 0.1) is 34.2 Å². The van der Waals surface area contributed by atoms with Gasteiger partial charge in [-0.05, 0) is 75.4 Å². The molecule has 0 aliphatic carbocycles. The van der Waals surface area contributed by atoms with Crippen LogP contribution in [0.5, 0.6) is 11.8 Å². The number of phenolic OH excluding ortho intramolecular Hbond substituents is 1. The molecule has 0 spiro atoms. The number of phenols is 1. The van der Waals surface area contributed by atoms with Gasteiger partial charge in [0.25, 0.3) is 0 Å². The molecule has 6 heterocycles. The Bertz CT molecular complexity index is 2090. The highest BCUT2D eigenvalue weighted by molar-refractivity contribution is 6.03. The van der Waals surface area contributed by atoms with Crippen LogP contribution in [0.2, 0.25) is 0 Å². The number of nitrogens with zero attached hydrogens (tertiary/aromatic N) is 6. The lowest BCUT2D eigenvalue weighted by molar-refractivity contribution is -0.131. The molecule has 0 unspecified atom stereocenters. The van der Waals surface area contributed by atoms with E-state index in [4.69, 9.17) is 16.1 Å². The molecule has 4 aliphatic heterocycles. The zero-order valence-electron chi connectivity index (χ0n) is 27.1. The summed E-state index contributed by atoms with van der Waals surface area (Å²) in [5, 5.41) is 22.9. The van der Waals surface area contributed by atoms with Crippen molar-refractivity contribution in [2.45, 2.75) is 62.3 Å². The van der Waals surface area contributed by atoms with Crippen molar-refractivity contribution in [3.63, 3.8) is 0 Å². The van der Waals surface area contributed by atoms with E-state index >= 15 is 4.39 Å². The molecule has 4 saturated heterocycles. The van der Waals surface area contributed by atoms with Gasteiger partial charge in [-0.15, -0.1) is 6.42 Å². The van der Waals surface area contributed by atoms with Crippen LogP contribution in [0.3, 0.4) is 0 Å². The molecule has 252 valence electrons. The second-order valence-corrected chi connectivity index (χ2v) is 14.0. The van der Waals surface area contributed by atoms with Gasteiger partial charge in [0.1, 0.15) is 35.2 Å². The highest BCUT2D eigenvalue weighted by Gasteiger charge is 2.54. The smallest absolute Gasteiger partial charge is 0.319 e. The Morgan fingerprint density at radius 1 is 1.20 bits per heavy atom. The number of benzene rings is 2. The molecule has 0 saturated carbocycles. The summed E-state index contributed by atoms with van der Waals surface area (Å²) in [5.41, 5.74) is -1.49. The van der Waals surface area contributed by atoms with Crippen molar-refractivity contribution in [2.24, 2.45) is 0 Å². The highest BCUT2D eigenvalue weighted by atomic mass is 19.1. The lowest BCUT2D eigenvalue weighted by atomic mass is 9.95. The fourth-order valence-corrected chi connectivity index (χ4v) is 8.78. The molecule has 2 N–H and O–H groups in total. The largest absolute Gasteiger partial charge is 0.508 e. The lowest BCUT2D eigenvalue weighted by Gasteiger charge is -2.42. The maximum Gasteiger partial charge on any atom is 0.319 e. The van der Waals surface area contributed by atoms with Gasteiger partial charge in [0, 0.05) is 36.7 Å². The number of aliphatic hydroxyl groups is 1. The minimum absolute atomic E-state index is 0.00787. The summed E-state index contributed by atoms with van der Waals surface area (Å²) in [5.74, 6) is 0.818. The van der Waals surface area contributed by atoms with Crippen molar-refractivity contribution in [2.75, 3.05) is 37.7 Å². The van der Waals surface area contributed by atoms with Crippen LogP contribution in [0.15, 0.2) is 43.1 Å². The van der Waals surface area contributed by atoms with Crippen LogP contribution in [0.25, 0.3) is 32.9 Å². The molecular weight excluding hydrogens is 630 g/mol. The fraction of sp³-hybridized carbons (Fsp3) is 0.405. The summed E-state index contributed by atoms with van der Waals surface area (Å²) >= 11 is 0. The van der Waals surface area contributed by atoms with E-state index in [-0.39, 0.29) is 63.5 Å². The SMILES string of the molecule is C#Cc1c(F)ccc2cc(O)cc(-c3ncc4c(N5C[C@@H]6C[C@](C)(O)[C@H](C5)N6C(=O)C=C)nc(OCC56CCCN5CCC6)nc4c3F)c12. The Labute approximate surface area is 282 Å². The standard InChI is InChI=1S/C37H36F2N6O4/c1-4-24-27(38)9-8-21-14-23(46)15-25(30(21)24)32-31(39)33-26(17-40-32)34(42-35(41-33)49-20-37-10-6-12-44(37)13-7-11-37)43-18-22-16-36(3,48)28(19-43)45(22)29(47)5-2/h1,5,8-9,14-15,17,22,28,46,48H,2,6-7,10-13,16,18-20H2,3H3/t22-,28-,36-/m0/s1. The molecule has 10 nitrogen and oxygen atoms in total. The molecular formula is C37H36F2N6O4. The molecule has 49 heavy (non-hydrogen) atoms. The molecule has 0 radical (unpaired) electrons. The van der Waals surface area contributed by atoms with Gasteiger partial charge in [0.15, 0.2) is 5.82 Å². The van der Waals surface area contributed by atoms with Gasteiger partial charge < -0.3 is 24.7 Å². The number of rotatable bonds is 6. The molecule has 2 bridgehead atoms. The Morgan fingerprint density at radius 2 is 1.98 bits per heavy atom. The van der Waals surface area contributed by atoms with Crippen LogP contribution in [-0.4, -0.2) is 96.9 Å². The van der Waals surface area contributed by atoms with Crippen molar-refractivity contribution in [3.8, 4) is 35.4 Å². The number of aromatic nitrogens is 3. The number of piperazine rings is 1. The van der Waals surface area contributed by atoms with Crippen LogP contribution in [-0.2, 0) is 4.79 Å². The van der Waals surface area contributed by atoms with Crippen molar-refractivity contribution in [1.82, 2.24) is 24.8 Å². The quantitative estimate of drug-likeness (QED) is 0.226. The van der Waals surface area contributed by atoms with E-state index in [9.17, 15) is 19.4 Å². The summed E-state index contributed by atoms with van der Waals surface area (Å²) in [6.07, 6.45) is 12.9. The highest BCUT2D eigenvalue weighted by Crippen LogP contribution is 2.43. The average molecular weight is 667 g/mol. The fourth-order valence-electron chi connectivity index (χ4n) is 8.78. The van der Waals surface area contributed by atoms with Crippen LogP contribution in [0.4, 0.5) is 14.6 Å². The van der Waals surface area contributed by atoms with Crippen LogP contribution < -0.4 is 9.64 Å². The molecule has 1 amide bonds. The van der Waals surface area contributed by atoms with Crippen molar-refractivity contribution in [1.29, 1.82) is 0 Å². The van der Waals surface area contributed by atoms with E-state index in [0.717, 1.165) is 38.8 Å². The number of pyridine rings is 1. The molecule has 12 heteroatoms. The third-order valence-corrected chi connectivity index (χ3v) is 11.0. The number of ether oxygens (including phenoxy) is 1. The minimum Gasteiger partial charge on any atom is -0.508 e. The number of terminal acetylenes is 1. The van der Waals surface area contributed by atoms with Gasteiger partial charge >= 0.3 is 6.01 Å². The number of carbonyl (C=O) groups is 1. The summed E-state index contributed by atoms with van der Waals surface area (Å²) in [6.45, 7) is 8.26. The van der Waals surface area contributed by atoms with Crippen LogP contribution in [0.1, 0.15) is 44.6 Å². The van der Waals surface area contributed by atoms with E-state index in [1.807, 2.05) is 4.90 Å². The first-order valence-electron chi connectivity index (χ1n) is 16.6. The summed E-state index contributed by atoms with van der Waals surface area (Å²) < 4.78 is 38.2. The van der Waals surface area contributed by atoms with Gasteiger partial charge in [-0.2, -0.15) is 9.97 Å². The number of amides is 1. The maximum absolute atomic E-state index is 17.0. The summed E-state index contributed by atoms with van der Waals surface area (Å²) in [4.78, 5) is 32.8. The first-order valence-corrected chi connectivity index (χ1v) is 16.6. The first kappa shape index (κ1) is 31.4. The van der Waals surface area contributed by atoms with E-state index in [0.29, 0.717) is 36.2 Å². The van der Waals surface area contributed by atoms with E-state index in [2.05, 4.69) is 27.4 Å². The normalized spacial score (nSPS) is 24.4. The van der Waals surface area contributed by atoms with Crippen LogP contribution >= 0.6 is 0 Å². The molecule has 3 atom stereocenters. The second kappa shape index (κ2) is 11.4.